The molecule has 4 rings (SSSR count). The summed E-state index contributed by atoms with van der Waals surface area (Å²) in [5, 5.41) is 8.98. The van der Waals surface area contributed by atoms with Crippen LogP contribution in [0.5, 0.6) is 16.7 Å². The molecule has 0 saturated carbocycles. The van der Waals surface area contributed by atoms with Crippen molar-refractivity contribution in [2.24, 2.45) is 0 Å². The minimum atomic E-state index is 0.360. The van der Waals surface area contributed by atoms with Gasteiger partial charge in [0.05, 0.1) is 22.7 Å². The topological polar surface area (TPSA) is 64.4 Å². The second-order valence-electron chi connectivity index (χ2n) is 4.56. The minimum Gasteiger partial charge on any atom is -0.469 e. The Morgan fingerprint density at radius 1 is 1.09 bits per heavy atom. The SMILES string of the molecule is N#CCCOc1nc2ccccc2s1.c1ccc2c(c1)OCO2. The molecule has 0 N–H and O–H groups in total. The molecule has 1 aliphatic heterocycles. The molecular formula is C17H14N2O3S. The van der Waals surface area contributed by atoms with Gasteiger partial charge in [-0.15, -0.1) is 0 Å². The number of benzene rings is 2. The second-order valence-corrected chi connectivity index (χ2v) is 5.55. The van der Waals surface area contributed by atoms with Crippen LogP contribution in [0.25, 0.3) is 10.2 Å². The molecule has 2 heterocycles. The first kappa shape index (κ1) is 15.1. The summed E-state index contributed by atoms with van der Waals surface area (Å²) in [5.41, 5.74) is 0.949. The summed E-state index contributed by atoms with van der Waals surface area (Å²) < 4.78 is 16.6. The zero-order valence-corrected chi connectivity index (χ0v) is 13.1. The normalized spacial score (nSPS) is 11.4. The molecular weight excluding hydrogens is 312 g/mol. The van der Waals surface area contributed by atoms with E-state index >= 15 is 0 Å². The van der Waals surface area contributed by atoms with Gasteiger partial charge in [0.15, 0.2) is 11.5 Å². The lowest BCUT2D eigenvalue weighted by Gasteiger charge is -1.94. The van der Waals surface area contributed by atoms with Crippen LogP contribution in [0.15, 0.2) is 48.5 Å². The molecule has 0 bridgehead atoms. The van der Waals surface area contributed by atoms with Gasteiger partial charge in [-0.2, -0.15) is 5.26 Å². The summed E-state index contributed by atoms with van der Waals surface area (Å²) in [4.78, 5) is 4.27. The molecule has 2 aromatic carbocycles. The molecule has 6 heteroatoms. The van der Waals surface area contributed by atoms with E-state index in [1.54, 1.807) is 0 Å². The van der Waals surface area contributed by atoms with Crippen molar-refractivity contribution in [3.63, 3.8) is 0 Å². The Kier molecular flexibility index (Phi) is 4.92. The monoisotopic (exact) mass is 326 g/mol. The van der Waals surface area contributed by atoms with Crippen LogP contribution in [-0.2, 0) is 0 Å². The third-order valence-electron chi connectivity index (χ3n) is 2.99. The predicted octanol–water partition coefficient (Wildman–Crippen LogP) is 4.00. The molecule has 0 fully saturated rings. The first-order chi connectivity index (χ1) is 11.4. The molecule has 0 unspecified atom stereocenters. The van der Waals surface area contributed by atoms with Crippen molar-refractivity contribution < 1.29 is 14.2 Å². The van der Waals surface area contributed by atoms with Crippen molar-refractivity contribution in [2.45, 2.75) is 6.42 Å². The number of para-hydroxylation sites is 3. The van der Waals surface area contributed by atoms with Crippen LogP contribution in [0.1, 0.15) is 6.42 Å². The average Bonchev–Trinajstić information content (AvgIpc) is 3.22. The number of thiazole rings is 1. The van der Waals surface area contributed by atoms with Crippen LogP contribution >= 0.6 is 11.3 Å². The maximum atomic E-state index is 8.34. The summed E-state index contributed by atoms with van der Waals surface area (Å²) in [6.45, 7) is 0.773. The molecule has 0 saturated heterocycles. The van der Waals surface area contributed by atoms with E-state index in [1.165, 1.54) is 11.3 Å². The molecule has 0 spiro atoms. The summed E-state index contributed by atoms with van der Waals surface area (Å²) in [7, 11) is 0. The van der Waals surface area contributed by atoms with Crippen LogP contribution in [-0.4, -0.2) is 18.4 Å². The Morgan fingerprint density at radius 3 is 2.48 bits per heavy atom. The maximum absolute atomic E-state index is 8.34. The van der Waals surface area contributed by atoms with Gasteiger partial charge in [-0.1, -0.05) is 35.6 Å². The van der Waals surface area contributed by atoms with Crippen molar-refractivity contribution in [1.82, 2.24) is 4.98 Å². The highest BCUT2D eigenvalue weighted by Gasteiger charge is 2.09. The summed E-state index contributed by atoms with van der Waals surface area (Å²) in [6.07, 6.45) is 0.399. The molecule has 23 heavy (non-hydrogen) atoms. The lowest BCUT2D eigenvalue weighted by atomic mass is 10.3. The van der Waals surface area contributed by atoms with Crippen LogP contribution < -0.4 is 14.2 Å². The van der Waals surface area contributed by atoms with E-state index in [-0.39, 0.29) is 0 Å². The Morgan fingerprint density at radius 2 is 1.78 bits per heavy atom. The molecule has 0 radical (unpaired) electrons. The van der Waals surface area contributed by atoms with E-state index in [4.69, 9.17) is 19.5 Å². The maximum Gasteiger partial charge on any atom is 0.274 e. The van der Waals surface area contributed by atoms with Crippen molar-refractivity contribution in [1.29, 1.82) is 5.26 Å². The summed E-state index contributed by atoms with van der Waals surface area (Å²) in [5.74, 6) is 1.69. The molecule has 3 aromatic rings. The predicted molar refractivity (Wildman–Crippen MR) is 87.9 cm³/mol. The third kappa shape index (κ3) is 3.90. The molecule has 116 valence electrons. The van der Waals surface area contributed by atoms with Gasteiger partial charge >= 0.3 is 0 Å². The van der Waals surface area contributed by atoms with Crippen LogP contribution in [0.4, 0.5) is 0 Å². The fourth-order valence-corrected chi connectivity index (χ4v) is 2.78. The van der Waals surface area contributed by atoms with Gasteiger partial charge in [0.2, 0.25) is 6.79 Å². The lowest BCUT2D eigenvalue weighted by molar-refractivity contribution is 0.174. The Balaban J connectivity index is 0.000000149. The van der Waals surface area contributed by atoms with E-state index < -0.39 is 0 Å². The first-order valence-electron chi connectivity index (χ1n) is 7.07. The van der Waals surface area contributed by atoms with E-state index in [1.807, 2.05) is 54.6 Å². The molecule has 0 aliphatic carbocycles. The van der Waals surface area contributed by atoms with Crippen molar-refractivity contribution in [3.05, 3.63) is 48.5 Å². The third-order valence-corrected chi connectivity index (χ3v) is 3.94. The molecule has 0 amide bonds. The van der Waals surface area contributed by atoms with Crippen molar-refractivity contribution >= 4 is 21.6 Å². The fourth-order valence-electron chi connectivity index (χ4n) is 1.94. The van der Waals surface area contributed by atoms with Gasteiger partial charge in [-0.25, -0.2) is 4.98 Å². The van der Waals surface area contributed by atoms with E-state index in [0.717, 1.165) is 21.7 Å². The quantitative estimate of drug-likeness (QED) is 0.681. The first-order valence-corrected chi connectivity index (χ1v) is 7.88. The minimum absolute atomic E-state index is 0.360. The second kappa shape index (κ2) is 7.47. The number of nitrogens with zero attached hydrogens (tertiary/aromatic N) is 2. The molecule has 0 atom stereocenters. The standard InChI is InChI=1S/C10H8N2OS.C7H6O2/c11-6-3-7-13-10-12-8-4-1-2-5-9(8)14-10;1-2-4-7-6(3-1)8-5-9-7/h1-2,4-5H,3,7H2;1-4H,5H2. The molecule has 5 nitrogen and oxygen atoms in total. The highest BCUT2D eigenvalue weighted by atomic mass is 32.1. The molecule has 1 aromatic heterocycles. The Bertz CT molecular complexity index is 770. The highest BCUT2D eigenvalue weighted by Crippen LogP contribution is 2.30. The smallest absolute Gasteiger partial charge is 0.274 e. The van der Waals surface area contributed by atoms with Gasteiger partial charge in [0.25, 0.3) is 5.19 Å². The Labute approximate surface area is 137 Å². The van der Waals surface area contributed by atoms with Gasteiger partial charge in [0.1, 0.15) is 6.61 Å². The van der Waals surface area contributed by atoms with Gasteiger partial charge < -0.3 is 14.2 Å². The van der Waals surface area contributed by atoms with Crippen molar-refractivity contribution in [2.75, 3.05) is 13.4 Å². The summed E-state index contributed by atoms with van der Waals surface area (Å²) >= 11 is 1.50. The number of ether oxygens (including phenoxy) is 3. The van der Waals surface area contributed by atoms with E-state index in [9.17, 15) is 0 Å². The largest absolute Gasteiger partial charge is 0.469 e. The highest BCUT2D eigenvalue weighted by molar-refractivity contribution is 7.20. The van der Waals surface area contributed by atoms with E-state index in [0.29, 0.717) is 25.0 Å². The van der Waals surface area contributed by atoms with Crippen LogP contribution in [0.3, 0.4) is 0 Å². The number of hydrogen-bond donors (Lipinski definition) is 0. The van der Waals surface area contributed by atoms with Gasteiger partial charge in [0, 0.05) is 0 Å². The lowest BCUT2D eigenvalue weighted by Crippen LogP contribution is -1.94. The molecule has 1 aliphatic rings. The number of nitriles is 1. The van der Waals surface area contributed by atoms with Crippen LogP contribution in [0.2, 0.25) is 0 Å². The number of hydrogen-bond acceptors (Lipinski definition) is 6. The fraction of sp³-hybridized carbons (Fsp3) is 0.176. The van der Waals surface area contributed by atoms with Gasteiger partial charge in [-0.05, 0) is 24.3 Å². The average molecular weight is 326 g/mol. The van der Waals surface area contributed by atoms with Crippen LogP contribution in [0, 0.1) is 11.3 Å². The van der Waals surface area contributed by atoms with Crippen molar-refractivity contribution in [3.8, 4) is 22.8 Å². The summed E-state index contributed by atoms with van der Waals surface area (Å²) in [6, 6.07) is 17.5. The number of fused-ring (bicyclic) bond motifs is 2. The number of aromatic nitrogens is 1. The zero-order valence-electron chi connectivity index (χ0n) is 12.3. The van der Waals surface area contributed by atoms with Gasteiger partial charge in [-0.3, -0.25) is 0 Å². The zero-order chi connectivity index (χ0) is 15.9. The number of rotatable bonds is 3. The van der Waals surface area contributed by atoms with E-state index in [2.05, 4.69) is 4.98 Å². The Hall–Kier alpha value is -2.78.